The zero-order chi connectivity index (χ0) is 64.2. The average Bonchev–Trinajstić information content (AvgIpc) is 3.47. The summed E-state index contributed by atoms with van der Waals surface area (Å²) in [7, 11) is 0. The van der Waals surface area contributed by atoms with Gasteiger partial charge in [0.25, 0.3) is 0 Å². The van der Waals surface area contributed by atoms with Gasteiger partial charge in [0.1, 0.15) is 45.2 Å². The molecule has 456 valence electrons. The van der Waals surface area contributed by atoms with E-state index in [0.717, 1.165) is 72.9 Å². The zero-order valence-corrected chi connectivity index (χ0v) is 47.2. The van der Waals surface area contributed by atoms with E-state index in [1.807, 2.05) is 13.8 Å². The Labute approximate surface area is 478 Å². The fourth-order valence-electron chi connectivity index (χ4n) is 3.47. The fraction of sp³-hybridized carbons (Fsp3) is 0.368. The molecule has 0 aromatic rings. The van der Waals surface area contributed by atoms with Crippen LogP contribution in [-0.2, 0) is 119 Å². The molecule has 0 N–H and O–H groups in total. The molecule has 0 aliphatic carbocycles. The van der Waals surface area contributed by atoms with E-state index in [-0.39, 0.29) is 85.4 Å². The van der Waals surface area contributed by atoms with Gasteiger partial charge < -0.3 is 61.6 Å². The van der Waals surface area contributed by atoms with E-state index in [0.29, 0.717) is 12.8 Å². The van der Waals surface area contributed by atoms with Crippen LogP contribution in [0, 0.1) is 5.41 Å². The van der Waals surface area contributed by atoms with Crippen LogP contribution >= 0.6 is 0 Å². The molecule has 0 fully saturated rings. The predicted octanol–water partition coefficient (Wildman–Crippen LogP) is 5.27. The number of carbonyl (C=O) groups is 12. The van der Waals surface area contributed by atoms with Crippen LogP contribution in [0.15, 0.2) is 152 Å². The first-order chi connectivity index (χ1) is 38.7. The second-order valence-corrected chi connectivity index (χ2v) is 14.9. The lowest BCUT2D eigenvalue weighted by Crippen LogP contribution is -2.27. The average molecular weight is 1160 g/mol. The Morgan fingerprint density at radius 3 is 0.829 bits per heavy atom. The van der Waals surface area contributed by atoms with Crippen LogP contribution in [0.25, 0.3) is 0 Å². The summed E-state index contributed by atoms with van der Waals surface area (Å²) < 4.78 is 61.2. The van der Waals surface area contributed by atoms with Crippen molar-refractivity contribution in [2.24, 2.45) is 5.41 Å². The summed E-state index contributed by atoms with van der Waals surface area (Å²) in [6, 6.07) is 0. The van der Waals surface area contributed by atoms with Gasteiger partial charge in [-0.25, -0.2) is 57.5 Å². The van der Waals surface area contributed by atoms with Gasteiger partial charge in [0, 0.05) is 91.2 Å². The van der Waals surface area contributed by atoms with E-state index in [4.69, 9.17) is 28.4 Å². The molecule has 82 heavy (non-hydrogen) atoms. The standard InChI is InChI=1S/C11H16O4.C10H14O5.C10H14O4.2C9H12O4.C8H10O4/c1-5-9(12)14-7-11(3,4)8-15-10(13)6-2;1-3-9(11)14-7-5-13-6-8-15-10(12)4-2;1-4-9(11)13-7-6-8(3)14-10(12)5-2;1-4-8(10)12-6-7(3)13-9(11)5-2;1-3-8(10)12-6-5-7-13-9(11)4-2;1-3-7(9)11-5-6-12-8(10)4-2/h5-6H,1-2,7-8H2,3-4H3;3-4H,1-2,5-8H2;4-5,8H,1-2,6-7H2,3H3;4-5,7H,1-2,6H2,3H3;3-4H,1-2,5-7H2;3-4H,1-2,5-6H2. The van der Waals surface area contributed by atoms with Crippen LogP contribution in [-0.4, -0.2) is 163 Å². The Kier molecular flexibility index (Phi) is 60.4. The number of ether oxygens (including phenoxy) is 13. The third-order valence-corrected chi connectivity index (χ3v) is 7.37. The summed E-state index contributed by atoms with van der Waals surface area (Å²) in [5.41, 5.74) is -0.419. The quantitative estimate of drug-likeness (QED) is 0.0334. The molecule has 25 nitrogen and oxygen atoms in total. The number of hydrogen-bond donors (Lipinski definition) is 0. The van der Waals surface area contributed by atoms with E-state index >= 15 is 0 Å². The number of rotatable bonds is 36. The lowest BCUT2D eigenvalue weighted by molar-refractivity contribution is -0.151. The maximum Gasteiger partial charge on any atom is 0.330 e. The Bertz CT molecular complexity index is 2020. The van der Waals surface area contributed by atoms with Crippen LogP contribution in [0.2, 0.25) is 0 Å². The Hall–Kier alpha value is -9.52. The molecule has 25 heteroatoms. The van der Waals surface area contributed by atoms with Crippen molar-refractivity contribution in [3.63, 3.8) is 0 Å². The van der Waals surface area contributed by atoms with Crippen molar-refractivity contribution in [3.8, 4) is 0 Å². The monoisotopic (exact) mass is 1160 g/mol. The molecule has 0 saturated carbocycles. The number of hydrogen-bond acceptors (Lipinski definition) is 25. The summed E-state index contributed by atoms with van der Waals surface area (Å²) in [4.78, 5) is 127. The second-order valence-electron chi connectivity index (χ2n) is 14.9. The minimum atomic E-state index is -0.540. The summed E-state index contributed by atoms with van der Waals surface area (Å²) in [6.45, 7) is 47.7. The normalized spacial score (nSPS) is 9.80. The molecule has 2 atom stereocenters. The molecule has 0 bridgehead atoms. The SMILES string of the molecule is C=CC(=O)OCC(C)(C)COC(=O)C=C.C=CC(=O)OCC(C)OC(=O)C=C.C=CC(=O)OCCC(C)OC(=O)C=C.C=CC(=O)OCCCOC(=O)C=C.C=CC(=O)OCCOC(=O)C=C.C=CC(=O)OCCOCCOC(=O)C=C. The molecule has 0 rings (SSSR count). The van der Waals surface area contributed by atoms with Crippen LogP contribution < -0.4 is 0 Å². The fourth-order valence-corrected chi connectivity index (χ4v) is 3.47. The molecule has 0 aliphatic rings. The Morgan fingerprint density at radius 1 is 0.305 bits per heavy atom. The van der Waals surface area contributed by atoms with E-state index in [9.17, 15) is 57.5 Å². The largest absolute Gasteiger partial charge is 0.462 e. The molecule has 0 spiro atoms. The van der Waals surface area contributed by atoms with Gasteiger partial charge in [-0.1, -0.05) is 92.8 Å². The third kappa shape index (κ3) is 68.5. The second kappa shape index (κ2) is 59.1. The predicted molar refractivity (Wildman–Crippen MR) is 297 cm³/mol. The smallest absolute Gasteiger partial charge is 0.330 e. The van der Waals surface area contributed by atoms with Crippen molar-refractivity contribution >= 4 is 71.6 Å². The van der Waals surface area contributed by atoms with Crippen LogP contribution in [0.5, 0.6) is 0 Å². The molecule has 0 aliphatic heterocycles. The molecular formula is C57H78O25. The maximum absolute atomic E-state index is 10.8. The van der Waals surface area contributed by atoms with Gasteiger partial charge in [-0.15, -0.1) is 0 Å². The minimum absolute atomic E-state index is 0.0183. The Balaban J connectivity index is -0.000000212. The zero-order valence-electron chi connectivity index (χ0n) is 47.2. The highest BCUT2D eigenvalue weighted by Gasteiger charge is 2.22. The molecule has 0 saturated heterocycles. The highest BCUT2D eigenvalue weighted by molar-refractivity contribution is 5.85. The van der Waals surface area contributed by atoms with Crippen molar-refractivity contribution in [3.05, 3.63) is 152 Å². The van der Waals surface area contributed by atoms with Crippen molar-refractivity contribution in [1.82, 2.24) is 0 Å². The van der Waals surface area contributed by atoms with E-state index in [1.54, 1.807) is 13.8 Å². The first-order valence-corrected chi connectivity index (χ1v) is 23.9. The van der Waals surface area contributed by atoms with Crippen molar-refractivity contribution in [2.75, 3.05) is 79.3 Å². The van der Waals surface area contributed by atoms with Gasteiger partial charge in [0.05, 0.1) is 46.2 Å². The summed E-state index contributed by atoms with van der Waals surface area (Å²) in [5.74, 6) is -6.02. The number of esters is 12. The lowest BCUT2D eigenvalue weighted by atomic mass is 9.96. The minimum Gasteiger partial charge on any atom is -0.462 e. The molecule has 0 amide bonds. The van der Waals surface area contributed by atoms with Gasteiger partial charge in [0.15, 0.2) is 0 Å². The van der Waals surface area contributed by atoms with Crippen LogP contribution in [0.3, 0.4) is 0 Å². The van der Waals surface area contributed by atoms with Gasteiger partial charge in [-0.05, 0) is 13.8 Å². The number of carbonyl (C=O) groups excluding carboxylic acids is 12. The van der Waals surface area contributed by atoms with Gasteiger partial charge in [0.2, 0.25) is 0 Å². The highest BCUT2D eigenvalue weighted by atomic mass is 16.6. The van der Waals surface area contributed by atoms with Crippen molar-refractivity contribution < 1.29 is 119 Å². The summed E-state index contributed by atoms with van der Waals surface area (Å²) in [6.07, 6.45) is 13.0. The maximum atomic E-state index is 10.8. The molecule has 0 aromatic heterocycles. The summed E-state index contributed by atoms with van der Waals surface area (Å²) in [5, 5.41) is 0. The third-order valence-electron chi connectivity index (χ3n) is 7.37. The molecule has 0 aromatic carbocycles. The van der Waals surface area contributed by atoms with Crippen molar-refractivity contribution in [2.45, 2.75) is 52.7 Å². The molecule has 0 heterocycles. The first kappa shape index (κ1) is 83.8. The lowest BCUT2D eigenvalue weighted by Gasteiger charge is -2.22. The van der Waals surface area contributed by atoms with Crippen LogP contribution in [0.1, 0.15) is 40.5 Å². The van der Waals surface area contributed by atoms with Crippen molar-refractivity contribution in [1.29, 1.82) is 0 Å². The van der Waals surface area contributed by atoms with Crippen LogP contribution in [0.4, 0.5) is 0 Å². The van der Waals surface area contributed by atoms with E-state index < -0.39 is 83.2 Å². The van der Waals surface area contributed by atoms with E-state index in [2.05, 4.69) is 112 Å². The molecule has 2 unspecified atom stereocenters. The van der Waals surface area contributed by atoms with E-state index in [1.165, 1.54) is 0 Å². The van der Waals surface area contributed by atoms with Gasteiger partial charge in [-0.3, -0.25) is 0 Å². The molecule has 0 radical (unpaired) electrons. The summed E-state index contributed by atoms with van der Waals surface area (Å²) >= 11 is 0. The topological polar surface area (TPSA) is 325 Å². The highest BCUT2D eigenvalue weighted by Crippen LogP contribution is 2.16. The Morgan fingerprint density at radius 2 is 0.537 bits per heavy atom. The van der Waals surface area contributed by atoms with Gasteiger partial charge >= 0.3 is 71.6 Å². The first-order valence-electron chi connectivity index (χ1n) is 23.9. The van der Waals surface area contributed by atoms with Gasteiger partial charge in [-0.2, -0.15) is 0 Å². The molecular weight excluding hydrogens is 1080 g/mol.